The number of anilines is 2. The molecule has 4 fully saturated rings. The van der Waals surface area contributed by atoms with E-state index in [-0.39, 0.29) is 17.0 Å². The Bertz CT molecular complexity index is 1290. The lowest BCUT2D eigenvalue weighted by Crippen LogP contribution is -2.61. The molecule has 1 aliphatic heterocycles. The average Bonchev–Trinajstić information content (AvgIpc) is 3.27. The lowest BCUT2D eigenvalue weighted by Gasteiger charge is -2.61. The molecule has 3 aliphatic carbocycles. The zero-order chi connectivity index (χ0) is 24.2. The minimum atomic E-state index is -0.994. The number of aryl methyl sites for hydroxylation is 1. The molecular weight excluding hydrogens is 444 g/mol. The third-order valence-electron chi connectivity index (χ3n) is 7.86. The van der Waals surface area contributed by atoms with E-state index in [1.807, 2.05) is 17.8 Å². The molecular formula is C26H28N6O3. The predicted octanol–water partition coefficient (Wildman–Crippen LogP) is 4.05. The molecule has 1 saturated heterocycles. The number of amides is 1. The summed E-state index contributed by atoms with van der Waals surface area (Å²) in [6.07, 6.45) is 10.5. The summed E-state index contributed by atoms with van der Waals surface area (Å²) in [6, 6.07) is 7.08. The van der Waals surface area contributed by atoms with Crippen molar-refractivity contribution in [2.45, 2.75) is 45.1 Å². The number of aromatic nitrogens is 4. The first-order chi connectivity index (χ1) is 16.9. The number of likely N-dealkylation sites (tertiary alicyclic amines) is 1. The minimum absolute atomic E-state index is 0.00182. The van der Waals surface area contributed by atoms with Crippen LogP contribution in [0.4, 0.5) is 11.6 Å². The van der Waals surface area contributed by atoms with Crippen LogP contribution in [0.1, 0.15) is 54.1 Å². The number of aromatic carboxylic acids is 1. The lowest BCUT2D eigenvalue weighted by molar-refractivity contribution is -0.178. The van der Waals surface area contributed by atoms with Gasteiger partial charge in [0.15, 0.2) is 0 Å². The number of carboxylic acid groups (broad SMARTS) is 1. The highest BCUT2D eigenvalue weighted by atomic mass is 16.4. The molecule has 0 spiro atoms. The summed E-state index contributed by atoms with van der Waals surface area (Å²) in [5, 5.41) is 17.3. The van der Waals surface area contributed by atoms with Crippen LogP contribution >= 0.6 is 0 Å². The maximum Gasteiger partial charge on any atom is 0.336 e. The van der Waals surface area contributed by atoms with Crippen molar-refractivity contribution in [1.82, 2.24) is 24.6 Å². The van der Waals surface area contributed by atoms with Crippen LogP contribution in [0.25, 0.3) is 11.3 Å². The van der Waals surface area contributed by atoms with Gasteiger partial charge in [-0.25, -0.2) is 14.8 Å². The second-order valence-corrected chi connectivity index (χ2v) is 10.2. The van der Waals surface area contributed by atoms with E-state index >= 15 is 0 Å². The maximum absolute atomic E-state index is 12.8. The first-order valence-corrected chi connectivity index (χ1v) is 12.2. The largest absolute Gasteiger partial charge is 0.478 e. The van der Waals surface area contributed by atoms with E-state index in [2.05, 4.69) is 25.3 Å². The van der Waals surface area contributed by atoms with Gasteiger partial charge in [0.25, 0.3) is 0 Å². The number of piperidine rings is 1. The molecule has 180 valence electrons. The zero-order valence-corrected chi connectivity index (χ0v) is 19.6. The molecule has 3 aromatic rings. The van der Waals surface area contributed by atoms with Crippen LogP contribution in [-0.2, 0) is 4.79 Å². The van der Waals surface area contributed by atoms with Gasteiger partial charge in [-0.05, 0) is 56.6 Å². The van der Waals surface area contributed by atoms with Crippen LogP contribution in [0.3, 0.4) is 0 Å². The Morgan fingerprint density at radius 2 is 1.86 bits per heavy atom. The second kappa shape index (κ2) is 8.18. The van der Waals surface area contributed by atoms with Crippen molar-refractivity contribution in [2.24, 2.45) is 11.3 Å². The molecule has 0 atom stereocenters. The van der Waals surface area contributed by atoms with Gasteiger partial charge in [-0.15, -0.1) is 0 Å². The van der Waals surface area contributed by atoms with Gasteiger partial charge in [-0.1, -0.05) is 18.2 Å². The Kier molecular flexibility index (Phi) is 5.09. The second-order valence-electron chi connectivity index (χ2n) is 10.2. The molecule has 1 aromatic carbocycles. The molecule has 0 radical (unpaired) electrons. The Morgan fingerprint density at radius 3 is 2.54 bits per heavy atom. The molecule has 3 saturated carbocycles. The van der Waals surface area contributed by atoms with Crippen molar-refractivity contribution >= 4 is 23.5 Å². The molecule has 3 heterocycles. The fourth-order valence-corrected chi connectivity index (χ4v) is 5.79. The molecule has 2 aromatic heterocycles. The van der Waals surface area contributed by atoms with Crippen LogP contribution in [0.2, 0.25) is 0 Å². The van der Waals surface area contributed by atoms with Gasteiger partial charge in [-0.2, -0.15) is 5.10 Å². The van der Waals surface area contributed by atoms with Gasteiger partial charge >= 0.3 is 5.97 Å². The van der Waals surface area contributed by atoms with Crippen molar-refractivity contribution in [3.63, 3.8) is 0 Å². The van der Waals surface area contributed by atoms with E-state index in [0.29, 0.717) is 23.1 Å². The monoisotopic (exact) mass is 472 g/mol. The molecule has 0 unspecified atom stereocenters. The van der Waals surface area contributed by atoms with E-state index in [1.165, 1.54) is 0 Å². The fourth-order valence-electron chi connectivity index (χ4n) is 5.79. The average molecular weight is 473 g/mol. The van der Waals surface area contributed by atoms with E-state index in [4.69, 9.17) is 0 Å². The number of hydrogen-bond donors (Lipinski definition) is 2. The fraction of sp³-hybridized carbons (Fsp3) is 0.423. The predicted molar refractivity (Wildman–Crippen MR) is 129 cm³/mol. The smallest absolute Gasteiger partial charge is 0.336 e. The normalized spacial score (nSPS) is 23.3. The van der Waals surface area contributed by atoms with Crippen LogP contribution in [-0.4, -0.2) is 54.7 Å². The summed E-state index contributed by atoms with van der Waals surface area (Å²) in [5.41, 5.74) is 2.89. The van der Waals surface area contributed by atoms with Crippen molar-refractivity contribution in [3.8, 4) is 11.3 Å². The van der Waals surface area contributed by atoms with E-state index in [0.717, 1.165) is 62.4 Å². The number of hydrogen-bond acceptors (Lipinski definition) is 6. The van der Waals surface area contributed by atoms with Crippen LogP contribution < -0.4 is 5.32 Å². The van der Waals surface area contributed by atoms with Gasteiger partial charge in [-0.3, -0.25) is 9.48 Å². The third kappa shape index (κ3) is 3.75. The van der Waals surface area contributed by atoms with Gasteiger partial charge < -0.3 is 15.3 Å². The highest BCUT2D eigenvalue weighted by molar-refractivity contribution is 5.95. The number of carbonyl (C=O) groups is 2. The molecule has 9 heteroatoms. The van der Waals surface area contributed by atoms with Crippen LogP contribution in [0.15, 0.2) is 42.9 Å². The highest BCUT2D eigenvalue weighted by Crippen LogP contribution is 2.65. The first kappa shape index (κ1) is 21.8. The Balaban J connectivity index is 1.13. The number of nitrogens with one attached hydrogen (secondary N) is 1. The summed E-state index contributed by atoms with van der Waals surface area (Å²) >= 11 is 0. The van der Waals surface area contributed by atoms with Crippen molar-refractivity contribution in [1.29, 1.82) is 0 Å². The molecule has 1 amide bonds. The van der Waals surface area contributed by atoms with Crippen LogP contribution in [0.5, 0.6) is 0 Å². The van der Waals surface area contributed by atoms with E-state index < -0.39 is 5.97 Å². The first-order valence-electron chi connectivity index (χ1n) is 12.2. The number of nitrogens with zero attached hydrogens (tertiary/aromatic N) is 5. The summed E-state index contributed by atoms with van der Waals surface area (Å²) in [4.78, 5) is 35.6. The van der Waals surface area contributed by atoms with Gasteiger partial charge in [0, 0.05) is 31.0 Å². The van der Waals surface area contributed by atoms with Crippen molar-refractivity contribution < 1.29 is 14.7 Å². The van der Waals surface area contributed by atoms with Gasteiger partial charge in [0.2, 0.25) is 11.9 Å². The van der Waals surface area contributed by atoms with Crippen LogP contribution in [0, 0.1) is 18.3 Å². The summed E-state index contributed by atoms with van der Waals surface area (Å²) < 4.78 is 1.96. The van der Waals surface area contributed by atoms with E-state index in [1.54, 1.807) is 36.7 Å². The van der Waals surface area contributed by atoms with Gasteiger partial charge in [0.05, 0.1) is 34.6 Å². The van der Waals surface area contributed by atoms with E-state index in [9.17, 15) is 14.7 Å². The number of carbonyl (C=O) groups excluding carboxylic acids is 1. The maximum atomic E-state index is 12.8. The summed E-state index contributed by atoms with van der Waals surface area (Å²) in [5.74, 6) is 0.570. The number of carboxylic acids is 1. The quantitative estimate of drug-likeness (QED) is 0.556. The molecule has 7 rings (SSSR count). The summed E-state index contributed by atoms with van der Waals surface area (Å²) in [6.45, 7) is 3.43. The van der Waals surface area contributed by atoms with Gasteiger partial charge in [0.1, 0.15) is 0 Å². The number of benzene rings is 1. The Morgan fingerprint density at radius 1 is 1.11 bits per heavy atom. The zero-order valence-electron chi connectivity index (χ0n) is 19.6. The Hall–Kier alpha value is -3.75. The van der Waals surface area contributed by atoms with Crippen molar-refractivity contribution in [3.05, 3.63) is 54.0 Å². The number of rotatable bonds is 6. The molecule has 2 N–H and O–H groups in total. The minimum Gasteiger partial charge on any atom is -0.478 e. The molecule has 2 bridgehead atoms. The molecule has 9 nitrogen and oxygen atoms in total. The van der Waals surface area contributed by atoms with Crippen molar-refractivity contribution in [2.75, 3.05) is 18.4 Å². The summed E-state index contributed by atoms with van der Waals surface area (Å²) in [7, 11) is 0. The Labute approximate surface area is 203 Å². The molecule has 4 aliphatic rings. The SMILES string of the molecule is Cc1cnc(Nc2cnn(C3CCN(C(=O)C45CC(C4)C5)CC3)c2)nc1-c1ccccc1C(=O)O. The highest BCUT2D eigenvalue weighted by Gasteiger charge is 2.62. The third-order valence-corrected chi connectivity index (χ3v) is 7.86. The topological polar surface area (TPSA) is 113 Å². The molecule has 35 heavy (non-hydrogen) atoms. The lowest BCUT2D eigenvalue weighted by atomic mass is 9.44. The standard InChI is InChI=1S/C26H28N6O3/c1-16-13-27-25(30-22(16)20-4-2-3-5-21(20)23(33)34)29-18-14-28-32(15-18)19-6-8-31(9-7-19)24(35)26-10-17(11-26)12-26/h2-5,13-15,17,19H,6-12H2,1H3,(H,33,34)(H,27,29,30).